The van der Waals surface area contributed by atoms with Crippen molar-refractivity contribution in [2.45, 2.75) is 161 Å². The topological polar surface area (TPSA) is 253 Å². The highest BCUT2D eigenvalue weighted by Crippen LogP contribution is 2.48. The number of benzene rings is 8. The number of aliphatic hydroxyl groups is 2. The van der Waals surface area contributed by atoms with Gasteiger partial charge in [0.05, 0.1) is 45.3 Å². The molecular weight excluding hydrogens is 1720 g/mol. The van der Waals surface area contributed by atoms with Crippen molar-refractivity contribution < 1.29 is 49.7 Å². The Balaban J connectivity index is 0.000000129. The molecule has 0 bridgehead atoms. The molecule has 0 aliphatic carbocycles. The van der Waals surface area contributed by atoms with E-state index in [2.05, 4.69) is 244 Å². The predicted octanol–water partition coefficient (Wildman–Crippen LogP) is 14.3. The third-order valence-electron chi connectivity index (χ3n) is 28.7. The minimum atomic E-state index is -3.67. The lowest BCUT2D eigenvalue weighted by Crippen LogP contribution is -2.68. The van der Waals surface area contributed by atoms with Crippen molar-refractivity contribution in [3.05, 3.63) is 294 Å². The van der Waals surface area contributed by atoms with E-state index in [1.54, 1.807) is 75.2 Å². The molecule has 8 aliphatic heterocycles. The molecule has 24 nitrogen and oxygen atoms in total. The fourth-order valence-electron chi connectivity index (χ4n) is 21.9. The Bertz CT molecular complexity index is 6070. The van der Waals surface area contributed by atoms with Crippen molar-refractivity contribution in [1.82, 2.24) is 61.5 Å². The van der Waals surface area contributed by atoms with Crippen LogP contribution in [0.4, 0.5) is 0 Å². The van der Waals surface area contributed by atoms with E-state index < -0.39 is 30.1 Å². The van der Waals surface area contributed by atoms with Gasteiger partial charge in [0.1, 0.15) is 0 Å². The van der Waals surface area contributed by atoms with Gasteiger partial charge in [-0.05, 0) is 195 Å². The molecule has 0 unspecified atom stereocenters. The molecule has 8 saturated heterocycles. The van der Waals surface area contributed by atoms with Crippen molar-refractivity contribution in [2.24, 2.45) is 14.1 Å². The average molecular weight is 1850 g/mol. The fraction of sp³-hybridized carbons (Fsp3) is 0.429. The first kappa shape index (κ1) is 95.4. The molecule has 1 amide bonds. The van der Waals surface area contributed by atoms with E-state index in [1.165, 1.54) is 85.7 Å². The van der Waals surface area contributed by atoms with E-state index in [0.717, 1.165) is 113 Å². The summed E-state index contributed by atoms with van der Waals surface area (Å²) in [6, 6.07) is 73.6. The van der Waals surface area contributed by atoms with Gasteiger partial charge in [0.25, 0.3) is 26.0 Å². The van der Waals surface area contributed by atoms with Crippen LogP contribution in [-0.4, -0.2) is 277 Å². The van der Waals surface area contributed by atoms with Gasteiger partial charge in [0, 0.05) is 183 Å². The third-order valence-corrected chi connectivity index (χ3v) is 33.5. The summed E-state index contributed by atoms with van der Waals surface area (Å²) < 4.78 is 97.3. The van der Waals surface area contributed by atoms with E-state index >= 15 is 0 Å². The van der Waals surface area contributed by atoms with Gasteiger partial charge in [-0.25, -0.2) is 39.5 Å². The summed E-state index contributed by atoms with van der Waals surface area (Å²) in [6.45, 7) is 18.3. The van der Waals surface area contributed by atoms with Gasteiger partial charge >= 0.3 is 0 Å². The molecule has 0 radical (unpaired) electrons. The summed E-state index contributed by atoms with van der Waals surface area (Å²) in [5.41, 5.74) is 20.2. The predicted molar refractivity (Wildman–Crippen MR) is 520 cm³/mol. The molecule has 3 aromatic heterocycles. The molecule has 0 spiro atoms. The molecule has 19 rings (SSSR count). The third kappa shape index (κ3) is 20.9. The van der Waals surface area contributed by atoms with Crippen molar-refractivity contribution in [2.75, 3.05) is 125 Å². The van der Waals surface area contributed by atoms with Crippen molar-refractivity contribution >= 4 is 36.0 Å². The summed E-state index contributed by atoms with van der Waals surface area (Å²) in [6.07, 6.45) is 18.3. The number of pyridine rings is 1. The number of aromatic nitrogens is 5. The first-order valence-corrected chi connectivity index (χ1v) is 51.6. The number of hydrogen-bond donors (Lipinski definition) is 2. The number of ether oxygens (including phenoxy) is 2. The Morgan fingerprint density at radius 3 is 1.08 bits per heavy atom. The second kappa shape index (κ2) is 42.4. The van der Waals surface area contributed by atoms with E-state index in [-0.39, 0.29) is 77.1 Å². The normalized spacial score (nSPS) is 24.2. The minimum Gasteiger partial charge on any atom is -0.395 e. The maximum Gasteiger partial charge on any atom is 0.262 e. The molecular formula is C105H129N13O11S3. The zero-order valence-electron chi connectivity index (χ0n) is 77.6. The zero-order chi connectivity index (χ0) is 92.5. The molecule has 132 heavy (non-hydrogen) atoms. The SMILES string of the molecule is COC[C@@H]1[C@@H](c2ccc(-c3ccccc3C)cc2)[C@@H]2CN(S(C)(=O)=O)CCCCN12.COC[C@H]1[C@H](c2ccc(-c3cccc(C)c3)cc2)[C@H]2CN(C(=O)c3ccncc3)CCCCN21.Cc1cccc(-c2ccc([C@@H]3[C@@H](CO)N4CCCCN(S(=O)(=O)c5cn(C)cn5)C[C@@H]34)cc2)c1.Cc1ccccc1-c1ccc([C@@H]2[C@H]3CN(S(=O)(=O)c4cn(C)cn4)CCCCN3[C@H]2CO)cc1. The molecule has 12 atom stereocenters. The van der Waals surface area contributed by atoms with Crippen LogP contribution in [0.1, 0.15) is 130 Å². The number of rotatable bonds is 20. The summed E-state index contributed by atoms with van der Waals surface area (Å²) in [7, 11) is -3.45. The van der Waals surface area contributed by atoms with Gasteiger partial charge in [-0.1, -0.05) is 205 Å². The first-order chi connectivity index (χ1) is 63.8. The van der Waals surface area contributed by atoms with Crippen LogP contribution in [0.25, 0.3) is 44.5 Å². The van der Waals surface area contributed by atoms with Gasteiger partial charge in [0.2, 0.25) is 10.0 Å². The molecule has 8 fully saturated rings. The smallest absolute Gasteiger partial charge is 0.262 e. The molecule has 8 aromatic carbocycles. The summed E-state index contributed by atoms with van der Waals surface area (Å²) in [4.78, 5) is 37.2. The second-order valence-electron chi connectivity index (χ2n) is 37.1. The van der Waals surface area contributed by atoms with Gasteiger partial charge in [-0.15, -0.1) is 0 Å². The van der Waals surface area contributed by atoms with Crippen LogP contribution in [-0.2, 0) is 53.6 Å². The van der Waals surface area contributed by atoms with Crippen LogP contribution >= 0.6 is 0 Å². The van der Waals surface area contributed by atoms with E-state index in [1.807, 2.05) is 29.2 Å². The number of nitrogens with zero attached hydrogens (tertiary/aromatic N) is 13. The lowest BCUT2D eigenvalue weighted by molar-refractivity contribution is -0.0680. The van der Waals surface area contributed by atoms with Crippen LogP contribution in [0.5, 0.6) is 0 Å². The number of fused-ring (bicyclic) bond motifs is 4. The molecule has 8 aliphatic rings. The van der Waals surface area contributed by atoms with E-state index in [4.69, 9.17) is 9.47 Å². The minimum absolute atomic E-state index is 0.00631. The van der Waals surface area contributed by atoms with Gasteiger partial charge in [0.15, 0.2) is 10.1 Å². The van der Waals surface area contributed by atoms with Gasteiger partial charge in [-0.3, -0.25) is 29.4 Å². The van der Waals surface area contributed by atoms with E-state index in [0.29, 0.717) is 82.1 Å². The first-order valence-electron chi connectivity index (χ1n) is 46.8. The van der Waals surface area contributed by atoms with Crippen LogP contribution in [0.3, 0.4) is 0 Å². The highest BCUT2D eigenvalue weighted by Gasteiger charge is 2.55. The average Bonchev–Trinajstić information content (AvgIpc) is 0.930. The van der Waals surface area contributed by atoms with Crippen LogP contribution < -0.4 is 0 Å². The lowest BCUT2D eigenvalue weighted by Gasteiger charge is -2.57. The van der Waals surface area contributed by atoms with Crippen molar-refractivity contribution in [3.63, 3.8) is 0 Å². The summed E-state index contributed by atoms with van der Waals surface area (Å²) in [5.74, 6) is 0.884. The van der Waals surface area contributed by atoms with Gasteiger partial charge in [-0.2, -0.15) is 8.61 Å². The van der Waals surface area contributed by atoms with Gasteiger partial charge < -0.3 is 33.7 Å². The maximum absolute atomic E-state index is 13.4. The molecule has 11 heterocycles. The number of hydrogen-bond acceptors (Lipinski definition) is 18. The van der Waals surface area contributed by atoms with E-state index in [9.17, 15) is 40.3 Å². The van der Waals surface area contributed by atoms with Crippen molar-refractivity contribution in [1.29, 1.82) is 0 Å². The Morgan fingerprint density at radius 1 is 0.386 bits per heavy atom. The van der Waals surface area contributed by atoms with Crippen LogP contribution in [0.2, 0.25) is 0 Å². The number of aryl methyl sites for hydroxylation is 6. The molecule has 2 N–H and O–H groups in total. The van der Waals surface area contributed by atoms with Crippen LogP contribution in [0.15, 0.2) is 254 Å². The number of carbonyl (C=O) groups is 1. The number of methoxy groups -OCH3 is 2. The Labute approximate surface area is 781 Å². The largest absolute Gasteiger partial charge is 0.395 e. The quantitative estimate of drug-likeness (QED) is 0.0719. The lowest BCUT2D eigenvalue weighted by atomic mass is 9.74. The Kier molecular flexibility index (Phi) is 30.6. The highest BCUT2D eigenvalue weighted by molar-refractivity contribution is 7.89. The van der Waals surface area contributed by atoms with Crippen LogP contribution in [0, 0.1) is 27.7 Å². The molecule has 11 aromatic rings. The second-order valence-corrected chi connectivity index (χ2v) is 42.9. The maximum atomic E-state index is 13.4. The molecule has 27 heteroatoms. The number of sulfonamides is 3. The standard InChI is InChI=1S/C29H33N3O2.2C26H32N4O3S.C24H32N2O3S/c1-21-6-5-7-25(18-21)22-8-10-23(11-9-22)28-26-19-31(29(33)24-12-14-30-15-13-24)16-3-4-17-32(26)27(28)20-34-2;1-19-6-5-7-22(14-19)20-8-10-21(11-9-20)26-23-15-29(12-3-4-13-30(23)24(26)17-31)34(32,33)25-16-28(2)18-27-25;1-19-7-3-4-8-22(19)20-9-11-21(12-10-20)26-23-15-29(13-5-6-14-30(23)24(26)17-31)34(32,33)25-16-28(2)18-27-25;1-18-8-4-5-9-21(18)19-10-12-20(13-11-19)24-22-16-25(30(3,27)28)14-6-7-15-26(22)23(24)17-29-2/h5-15,18,26-28H,3-4,16-17,19-20H2,1-2H3;5-11,14,16,18,23-24,26,31H,3-4,12-13,15,17H2,1-2H3;3-4,7-12,16,18,23-24,26,31H,5-6,13-15,17H2,1-2H3;4-5,8-13,22-24H,6-7,14-17H2,1-3H3/t26-,27+,28-;2*23-,24+,26-;22-,23+,24-/m1010/s1. The number of carbonyl (C=O) groups excluding carboxylic acids is 1. The molecule has 0 saturated carbocycles. The molecule has 698 valence electrons. The number of aliphatic hydroxyl groups excluding tert-OH is 2. The fourth-order valence-corrected chi connectivity index (χ4v) is 25.7. The highest BCUT2D eigenvalue weighted by atomic mass is 32.2. The summed E-state index contributed by atoms with van der Waals surface area (Å²) in [5, 5.41) is 20.6. The Hall–Kier alpha value is -9.79. The van der Waals surface area contributed by atoms with Crippen molar-refractivity contribution in [3.8, 4) is 44.5 Å². The Morgan fingerprint density at radius 2 is 0.727 bits per heavy atom. The zero-order valence-corrected chi connectivity index (χ0v) is 80.0. The monoisotopic (exact) mass is 1840 g/mol. The summed E-state index contributed by atoms with van der Waals surface area (Å²) >= 11 is 0. The number of amides is 1. The number of imidazole rings is 2.